The highest BCUT2D eigenvalue weighted by Gasteiger charge is 2.29. The molecule has 1 aliphatic carbocycles. The Bertz CT molecular complexity index is 428. The molecule has 17 heavy (non-hydrogen) atoms. The molecule has 1 amide bonds. The molecule has 1 aromatic carbocycles. The first-order valence-corrected chi connectivity index (χ1v) is 5.59. The number of ether oxygens (including phenoxy) is 1. The minimum absolute atomic E-state index is 0.311. The van der Waals surface area contributed by atoms with Gasteiger partial charge in [-0.25, -0.2) is 0 Å². The number of nitrogens with one attached hydrogen (secondary N) is 1. The van der Waals surface area contributed by atoms with E-state index < -0.39 is 5.91 Å². The lowest BCUT2D eigenvalue weighted by atomic mass is 9.89. The Morgan fingerprint density at radius 3 is 2.76 bits per heavy atom. The van der Waals surface area contributed by atoms with Crippen LogP contribution in [0, 0.1) is 0 Å². The third-order valence-corrected chi connectivity index (χ3v) is 3.10. The van der Waals surface area contributed by atoms with Crippen LogP contribution in [0.3, 0.4) is 0 Å². The molecule has 1 saturated carbocycles. The quantitative estimate of drug-likeness (QED) is 0.678. The molecule has 0 spiro atoms. The summed E-state index contributed by atoms with van der Waals surface area (Å²) in [5.41, 5.74) is 12.8. The molecule has 1 fully saturated rings. The van der Waals surface area contributed by atoms with Gasteiger partial charge in [0.05, 0.1) is 11.7 Å². The number of carbonyl (C=O) groups excluding carboxylic acids is 1. The molecule has 0 heterocycles. The summed E-state index contributed by atoms with van der Waals surface area (Å²) in [5.74, 6) is -0.449. The number of benzene rings is 1. The van der Waals surface area contributed by atoms with E-state index in [4.69, 9.17) is 16.2 Å². The van der Waals surface area contributed by atoms with E-state index in [1.165, 1.54) is 0 Å². The maximum Gasteiger partial charge on any atom is 0.250 e. The van der Waals surface area contributed by atoms with Crippen LogP contribution in [0.25, 0.3) is 0 Å². The van der Waals surface area contributed by atoms with Crippen LogP contribution in [0.4, 0.5) is 11.4 Å². The molecular formula is C12H17N3O2. The SMILES string of the molecule is COC1CC(Nc2cc(N)ccc2C(N)=O)C1. The van der Waals surface area contributed by atoms with E-state index >= 15 is 0 Å². The molecule has 0 aliphatic heterocycles. The number of nitrogen functional groups attached to an aromatic ring is 1. The van der Waals surface area contributed by atoms with Crippen LogP contribution in [0.5, 0.6) is 0 Å². The molecule has 92 valence electrons. The number of primary amides is 1. The molecule has 1 aliphatic rings. The highest BCUT2D eigenvalue weighted by atomic mass is 16.5. The average Bonchev–Trinajstić information content (AvgIpc) is 2.22. The third-order valence-electron chi connectivity index (χ3n) is 3.10. The second-order valence-corrected chi connectivity index (χ2v) is 4.34. The van der Waals surface area contributed by atoms with E-state index in [-0.39, 0.29) is 0 Å². The van der Waals surface area contributed by atoms with E-state index in [9.17, 15) is 4.79 Å². The van der Waals surface area contributed by atoms with Crippen LogP contribution in [0.15, 0.2) is 18.2 Å². The average molecular weight is 235 g/mol. The summed E-state index contributed by atoms with van der Waals surface area (Å²) in [4.78, 5) is 11.3. The van der Waals surface area contributed by atoms with Gasteiger partial charge in [0.2, 0.25) is 0 Å². The van der Waals surface area contributed by atoms with Crippen molar-refractivity contribution in [2.45, 2.75) is 25.0 Å². The highest BCUT2D eigenvalue weighted by Crippen LogP contribution is 2.28. The lowest BCUT2D eigenvalue weighted by molar-refractivity contribution is 0.0328. The van der Waals surface area contributed by atoms with E-state index in [2.05, 4.69) is 5.32 Å². The van der Waals surface area contributed by atoms with E-state index in [1.807, 2.05) is 0 Å². The normalized spacial score (nSPS) is 22.9. The molecule has 0 atom stereocenters. The van der Waals surface area contributed by atoms with Crippen molar-refractivity contribution in [2.24, 2.45) is 5.73 Å². The van der Waals surface area contributed by atoms with Gasteiger partial charge in [-0.15, -0.1) is 0 Å². The largest absolute Gasteiger partial charge is 0.399 e. The fourth-order valence-corrected chi connectivity index (χ4v) is 1.99. The molecule has 5 nitrogen and oxygen atoms in total. The van der Waals surface area contributed by atoms with Gasteiger partial charge in [-0.1, -0.05) is 0 Å². The number of amides is 1. The summed E-state index contributed by atoms with van der Waals surface area (Å²) in [6.45, 7) is 0. The topological polar surface area (TPSA) is 90.4 Å². The van der Waals surface area contributed by atoms with Crippen LogP contribution in [0.2, 0.25) is 0 Å². The van der Waals surface area contributed by atoms with Crippen molar-refractivity contribution in [3.63, 3.8) is 0 Å². The molecule has 0 unspecified atom stereocenters. The second kappa shape index (κ2) is 4.63. The van der Waals surface area contributed by atoms with Crippen LogP contribution >= 0.6 is 0 Å². The molecular weight excluding hydrogens is 218 g/mol. The lowest BCUT2D eigenvalue weighted by Crippen LogP contribution is -2.40. The summed E-state index contributed by atoms with van der Waals surface area (Å²) in [6, 6.07) is 5.37. The third kappa shape index (κ3) is 2.50. The Hall–Kier alpha value is -1.75. The van der Waals surface area contributed by atoms with Crippen molar-refractivity contribution in [3.05, 3.63) is 23.8 Å². The molecule has 1 aromatic rings. The predicted octanol–water partition coefficient (Wildman–Crippen LogP) is 0.957. The first-order chi connectivity index (χ1) is 8.10. The van der Waals surface area contributed by atoms with Crippen molar-refractivity contribution in [1.29, 1.82) is 0 Å². The van der Waals surface area contributed by atoms with Crippen molar-refractivity contribution < 1.29 is 9.53 Å². The van der Waals surface area contributed by atoms with Gasteiger partial charge in [-0.05, 0) is 31.0 Å². The number of hydrogen-bond donors (Lipinski definition) is 3. The van der Waals surface area contributed by atoms with Gasteiger partial charge in [0.15, 0.2) is 0 Å². The van der Waals surface area contributed by atoms with Crippen LogP contribution < -0.4 is 16.8 Å². The summed E-state index contributed by atoms with van der Waals surface area (Å²) >= 11 is 0. The van der Waals surface area contributed by atoms with E-state index in [0.29, 0.717) is 29.1 Å². The summed E-state index contributed by atoms with van der Waals surface area (Å²) in [6.07, 6.45) is 2.18. The Labute approximate surface area is 100 Å². The predicted molar refractivity (Wildman–Crippen MR) is 66.8 cm³/mol. The Balaban J connectivity index is 2.09. The second-order valence-electron chi connectivity index (χ2n) is 4.34. The monoisotopic (exact) mass is 235 g/mol. The molecule has 5 N–H and O–H groups in total. The minimum Gasteiger partial charge on any atom is -0.399 e. The molecule has 0 bridgehead atoms. The zero-order chi connectivity index (χ0) is 12.4. The van der Waals surface area contributed by atoms with Gasteiger partial charge in [0, 0.05) is 24.5 Å². The van der Waals surface area contributed by atoms with E-state index in [1.54, 1.807) is 25.3 Å². The molecule has 2 rings (SSSR count). The fraction of sp³-hybridized carbons (Fsp3) is 0.417. The maximum absolute atomic E-state index is 11.3. The van der Waals surface area contributed by atoms with Gasteiger partial charge in [-0.2, -0.15) is 0 Å². The number of carbonyl (C=O) groups is 1. The summed E-state index contributed by atoms with van der Waals surface area (Å²) in [5, 5.41) is 3.27. The zero-order valence-corrected chi connectivity index (χ0v) is 9.77. The minimum atomic E-state index is -0.449. The highest BCUT2D eigenvalue weighted by molar-refractivity contribution is 5.99. The molecule has 0 aromatic heterocycles. The molecule has 5 heteroatoms. The van der Waals surface area contributed by atoms with Crippen LogP contribution in [-0.2, 0) is 4.74 Å². The number of hydrogen-bond acceptors (Lipinski definition) is 4. The Morgan fingerprint density at radius 2 is 2.18 bits per heavy atom. The number of rotatable bonds is 4. The Morgan fingerprint density at radius 1 is 1.47 bits per heavy atom. The van der Waals surface area contributed by atoms with E-state index in [0.717, 1.165) is 12.8 Å². The van der Waals surface area contributed by atoms with Gasteiger partial charge in [-0.3, -0.25) is 4.79 Å². The number of methoxy groups -OCH3 is 1. The zero-order valence-electron chi connectivity index (χ0n) is 9.77. The van der Waals surface area contributed by atoms with Crippen molar-refractivity contribution in [2.75, 3.05) is 18.2 Å². The Kier molecular flexibility index (Phi) is 3.19. The first-order valence-electron chi connectivity index (χ1n) is 5.59. The molecule has 0 radical (unpaired) electrons. The lowest BCUT2D eigenvalue weighted by Gasteiger charge is -2.35. The van der Waals surface area contributed by atoms with Crippen molar-refractivity contribution in [3.8, 4) is 0 Å². The van der Waals surface area contributed by atoms with Crippen molar-refractivity contribution in [1.82, 2.24) is 0 Å². The van der Waals surface area contributed by atoms with Crippen molar-refractivity contribution >= 4 is 17.3 Å². The molecule has 0 saturated heterocycles. The van der Waals surface area contributed by atoms with Gasteiger partial charge >= 0.3 is 0 Å². The van der Waals surface area contributed by atoms with Crippen LogP contribution in [-0.4, -0.2) is 25.2 Å². The maximum atomic E-state index is 11.3. The van der Waals surface area contributed by atoms with Crippen LogP contribution in [0.1, 0.15) is 23.2 Å². The van der Waals surface area contributed by atoms with Gasteiger partial charge in [0.1, 0.15) is 0 Å². The smallest absolute Gasteiger partial charge is 0.250 e. The van der Waals surface area contributed by atoms with Gasteiger partial charge < -0.3 is 21.5 Å². The number of nitrogens with two attached hydrogens (primary N) is 2. The standard InChI is InChI=1S/C12H17N3O2/c1-17-9-5-8(6-9)15-11-4-7(13)2-3-10(11)12(14)16/h2-4,8-9,15H,5-6,13H2,1H3,(H2,14,16). The summed E-state index contributed by atoms with van der Waals surface area (Å²) in [7, 11) is 1.70. The number of anilines is 2. The summed E-state index contributed by atoms with van der Waals surface area (Å²) < 4.78 is 5.20. The van der Waals surface area contributed by atoms with Gasteiger partial charge in [0.25, 0.3) is 5.91 Å². The fourth-order valence-electron chi connectivity index (χ4n) is 1.99. The first kappa shape index (κ1) is 11.7.